The van der Waals surface area contributed by atoms with Gasteiger partial charge in [-0.05, 0) is 37.1 Å². The third-order valence-electron chi connectivity index (χ3n) is 4.79. The van der Waals surface area contributed by atoms with E-state index in [-0.39, 0.29) is 24.8 Å². The van der Waals surface area contributed by atoms with Crippen LogP contribution in [-0.4, -0.2) is 41.1 Å². The van der Waals surface area contributed by atoms with Crippen LogP contribution in [0.3, 0.4) is 0 Å². The minimum absolute atomic E-state index is 0.158. The van der Waals surface area contributed by atoms with Crippen LogP contribution in [0.2, 0.25) is 0 Å². The molecule has 4 rings (SSSR count). The molecule has 0 atom stereocenters. The van der Waals surface area contributed by atoms with Crippen LogP contribution in [0.15, 0.2) is 45.8 Å². The molecule has 1 aliphatic rings. The maximum atomic E-state index is 12.7. The quantitative estimate of drug-likeness (QED) is 0.587. The number of amides is 2. The molecular weight excluding hydrogens is 390 g/mol. The molecule has 30 heavy (non-hydrogen) atoms. The van der Waals surface area contributed by atoms with E-state index in [1.165, 1.54) is 11.8 Å². The molecule has 10 heteroatoms. The first-order chi connectivity index (χ1) is 14.6. The molecule has 0 bridgehead atoms. The average molecular weight is 413 g/mol. The molecule has 0 saturated heterocycles. The van der Waals surface area contributed by atoms with Gasteiger partial charge >= 0.3 is 11.7 Å². The fraction of sp³-hybridized carbons (Fsp3) is 0.350. The van der Waals surface area contributed by atoms with E-state index < -0.39 is 6.03 Å². The Bertz CT molecular complexity index is 1080. The van der Waals surface area contributed by atoms with E-state index in [1.807, 2.05) is 0 Å². The molecule has 2 amide bonds. The zero-order valence-electron chi connectivity index (χ0n) is 16.8. The van der Waals surface area contributed by atoms with Gasteiger partial charge in [-0.3, -0.25) is 4.57 Å². The number of carbonyl (C=O) groups excluding carboxylic acids is 1. The number of ether oxygens (including phenoxy) is 2. The normalized spacial score (nSPS) is 13.1. The SMILES string of the molecule is COc1ccc(NC(=O)NCCn2nc(-c3ccco3)n(C3CC3)c2=O)c(OC)c1. The molecule has 2 heterocycles. The average Bonchev–Trinajstić information content (AvgIpc) is 3.32. The van der Waals surface area contributed by atoms with E-state index in [9.17, 15) is 9.59 Å². The molecule has 2 aromatic heterocycles. The lowest BCUT2D eigenvalue weighted by molar-refractivity contribution is 0.251. The first kappa shape index (κ1) is 19.6. The molecule has 1 saturated carbocycles. The molecule has 10 nitrogen and oxygen atoms in total. The third kappa shape index (κ3) is 4.02. The van der Waals surface area contributed by atoms with Crippen molar-refractivity contribution in [1.29, 1.82) is 0 Å². The van der Waals surface area contributed by atoms with Gasteiger partial charge in [-0.25, -0.2) is 14.3 Å². The summed E-state index contributed by atoms with van der Waals surface area (Å²) < 4.78 is 18.9. The van der Waals surface area contributed by atoms with Crippen LogP contribution >= 0.6 is 0 Å². The van der Waals surface area contributed by atoms with Crippen LogP contribution in [0.1, 0.15) is 18.9 Å². The summed E-state index contributed by atoms with van der Waals surface area (Å²) in [5, 5.41) is 9.86. The fourth-order valence-electron chi connectivity index (χ4n) is 3.15. The van der Waals surface area contributed by atoms with Gasteiger partial charge in [-0.2, -0.15) is 0 Å². The Balaban J connectivity index is 1.40. The highest BCUT2D eigenvalue weighted by atomic mass is 16.5. The summed E-state index contributed by atoms with van der Waals surface area (Å²) >= 11 is 0. The molecule has 3 aromatic rings. The first-order valence-corrected chi connectivity index (χ1v) is 9.61. The van der Waals surface area contributed by atoms with Crippen LogP contribution in [0.5, 0.6) is 11.5 Å². The number of benzene rings is 1. The summed E-state index contributed by atoms with van der Waals surface area (Å²) in [5.74, 6) is 2.16. The second-order valence-electron chi connectivity index (χ2n) is 6.85. The van der Waals surface area contributed by atoms with Crippen molar-refractivity contribution < 1.29 is 18.7 Å². The molecule has 1 aliphatic carbocycles. The first-order valence-electron chi connectivity index (χ1n) is 9.61. The monoisotopic (exact) mass is 413 g/mol. The number of nitrogens with one attached hydrogen (secondary N) is 2. The summed E-state index contributed by atoms with van der Waals surface area (Å²) in [7, 11) is 3.06. The highest BCUT2D eigenvalue weighted by molar-refractivity contribution is 5.91. The highest BCUT2D eigenvalue weighted by Crippen LogP contribution is 2.36. The number of urea groups is 1. The predicted molar refractivity (Wildman–Crippen MR) is 109 cm³/mol. The maximum absolute atomic E-state index is 12.7. The van der Waals surface area contributed by atoms with Crippen LogP contribution in [0.25, 0.3) is 11.6 Å². The van der Waals surface area contributed by atoms with Gasteiger partial charge in [0.1, 0.15) is 11.5 Å². The van der Waals surface area contributed by atoms with Crippen LogP contribution in [0.4, 0.5) is 10.5 Å². The van der Waals surface area contributed by atoms with Gasteiger partial charge in [0.15, 0.2) is 5.76 Å². The minimum Gasteiger partial charge on any atom is -0.497 e. The van der Waals surface area contributed by atoms with Gasteiger partial charge in [-0.15, -0.1) is 5.10 Å². The minimum atomic E-state index is -0.417. The lowest BCUT2D eigenvalue weighted by Gasteiger charge is -2.12. The van der Waals surface area contributed by atoms with Gasteiger partial charge in [0.05, 0.1) is 32.7 Å². The zero-order valence-corrected chi connectivity index (χ0v) is 16.8. The van der Waals surface area contributed by atoms with Crippen molar-refractivity contribution in [2.45, 2.75) is 25.4 Å². The fourth-order valence-corrected chi connectivity index (χ4v) is 3.15. The van der Waals surface area contributed by atoms with E-state index in [1.54, 1.807) is 48.3 Å². The molecule has 0 radical (unpaired) electrons. The van der Waals surface area contributed by atoms with E-state index >= 15 is 0 Å². The molecule has 2 N–H and O–H groups in total. The van der Waals surface area contributed by atoms with Crippen molar-refractivity contribution in [2.24, 2.45) is 0 Å². The Hall–Kier alpha value is -3.69. The Labute approximate surface area is 172 Å². The molecule has 1 aromatic carbocycles. The second kappa shape index (κ2) is 8.36. The van der Waals surface area contributed by atoms with E-state index in [2.05, 4.69) is 15.7 Å². The number of aromatic nitrogens is 3. The number of hydrogen-bond donors (Lipinski definition) is 2. The van der Waals surface area contributed by atoms with Crippen molar-refractivity contribution in [3.05, 3.63) is 47.1 Å². The van der Waals surface area contributed by atoms with Gasteiger partial charge in [0.25, 0.3) is 0 Å². The number of hydrogen-bond acceptors (Lipinski definition) is 6. The standard InChI is InChI=1S/C20H23N5O5/c1-28-14-7-8-15(17(12-14)29-2)22-19(26)21-9-10-24-20(27)25(13-5-6-13)18(23-24)16-4-3-11-30-16/h3-4,7-8,11-13H,5-6,9-10H2,1-2H3,(H2,21,22,26). The summed E-state index contributed by atoms with van der Waals surface area (Å²) in [5.41, 5.74) is 0.300. The topological polar surface area (TPSA) is 113 Å². The van der Waals surface area contributed by atoms with Crippen molar-refractivity contribution in [1.82, 2.24) is 19.7 Å². The van der Waals surface area contributed by atoms with E-state index in [0.29, 0.717) is 28.8 Å². The number of rotatable bonds is 8. The lowest BCUT2D eigenvalue weighted by atomic mass is 10.2. The Morgan fingerprint density at radius 1 is 1.27 bits per heavy atom. The second-order valence-corrected chi connectivity index (χ2v) is 6.85. The largest absolute Gasteiger partial charge is 0.497 e. The molecular formula is C20H23N5O5. The highest BCUT2D eigenvalue weighted by Gasteiger charge is 2.31. The van der Waals surface area contributed by atoms with Crippen molar-refractivity contribution in [3.63, 3.8) is 0 Å². The zero-order chi connectivity index (χ0) is 21.1. The molecule has 158 valence electrons. The number of anilines is 1. The smallest absolute Gasteiger partial charge is 0.346 e. The molecule has 0 spiro atoms. The van der Waals surface area contributed by atoms with E-state index in [4.69, 9.17) is 13.9 Å². The Morgan fingerprint density at radius 2 is 2.10 bits per heavy atom. The number of furan rings is 1. The predicted octanol–water partition coefficient (Wildman–Crippen LogP) is 2.48. The number of methoxy groups -OCH3 is 2. The van der Waals surface area contributed by atoms with E-state index in [0.717, 1.165) is 12.8 Å². The van der Waals surface area contributed by atoms with Gasteiger partial charge in [0.2, 0.25) is 5.82 Å². The molecule has 0 unspecified atom stereocenters. The number of nitrogens with zero attached hydrogens (tertiary/aromatic N) is 3. The van der Waals surface area contributed by atoms with Crippen LogP contribution in [-0.2, 0) is 6.54 Å². The maximum Gasteiger partial charge on any atom is 0.346 e. The third-order valence-corrected chi connectivity index (χ3v) is 4.79. The Morgan fingerprint density at radius 3 is 2.77 bits per heavy atom. The summed E-state index contributed by atoms with van der Waals surface area (Å²) in [6, 6.07) is 8.36. The summed E-state index contributed by atoms with van der Waals surface area (Å²) in [6.45, 7) is 0.461. The van der Waals surface area contributed by atoms with Crippen molar-refractivity contribution in [2.75, 3.05) is 26.1 Å². The van der Waals surface area contributed by atoms with Gasteiger partial charge in [0, 0.05) is 18.7 Å². The van der Waals surface area contributed by atoms with Crippen LogP contribution < -0.4 is 25.8 Å². The summed E-state index contributed by atoms with van der Waals surface area (Å²) in [6.07, 6.45) is 3.45. The lowest BCUT2D eigenvalue weighted by Crippen LogP contribution is -2.34. The summed E-state index contributed by atoms with van der Waals surface area (Å²) in [4.78, 5) is 25.0. The van der Waals surface area contributed by atoms with Crippen molar-refractivity contribution >= 4 is 11.7 Å². The van der Waals surface area contributed by atoms with Gasteiger partial charge in [-0.1, -0.05) is 0 Å². The number of carbonyl (C=O) groups is 1. The molecule has 0 aliphatic heterocycles. The molecule has 1 fully saturated rings. The Kier molecular flexibility index (Phi) is 5.46. The van der Waals surface area contributed by atoms with Crippen LogP contribution in [0, 0.1) is 0 Å². The van der Waals surface area contributed by atoms with Gasteiger partial charge < -0.3 is 24.5 Å². The van der Waals surface area contributed by atoms with Crippen molar-refractivity contribution in [3.8, 4) is 23.1 Å².